The van der Waals surface area contributed by atoms with E-state index in [1.807, 2.05) is 0 Å². The minimum absolute atomic E-state index is 0.0672. The summed E-state index contributed by atoms with van der Waals surface area (Å²) in [5.41, 5.74) is 5.23. The predicted octanol–water partition coefficient (Wildman–Crippen LogP) is 0.787. The average molecular weight is 276 g/mol. The number of nitrogens with zero attached hydrogens (tertiary/aromatic N) is 2. The van der Waals surface area contributed by atoms with Crippen molar-refractivity contribution in [1.82, 2.24) is 10.2 Å². The van der Waals surface area contributed by atoms with Crippen LogP contribution >= 0.6 is 0 Å². The van der Waals surface area contributed by atoms with Crippen LogP contribution in [0.5, 0.6) is 0 Å². The quantitative estimate of drug-likeness (QED) is 0.735. The van der Waals surface area contributed by atoms with Crippen molar-refractivity contribution in [1.29, 1.82) is 0 Å². The van der Waals surface area contributed by atoms with Gasteiger partial charge in [-0.05, 0) is 25.1 Å². The van der Waals surface area contributed by atoms with E-state index in [0.29, 0.717) is 17.3 Å². The summed E-state index contributed by atoms with van der Waals surface area (Å²) in [5.74, 6) is -0.481. The second kappa shape index (κ2) is 5.39. The molecule has 0 radical (unpaired) electrons. The summed E-state index contributed by atoms with van der Waals surface area (Å²) >= 11 is 0. The van der Waals surface area contributed by atoms with Gasteiger partial charge in [0.1, 0.15) is 22.9 Å². The van der Waals surface area contributed by atoms with E-state index < -0.39 is 11.9 Å². The van der Waals surface area contributed by atoms with Crippen LogP contribution in [0.4, 0.5) is 5.82 Å². The molecule has 0 spiro atoms. The summed E-state index contributed by atoms with van der Waals surface area (Å²) in [7, 11) is 0. The summed E-state index contributed by atoms with van der Waals surface area (Å²) in [5, 5.41) is 19.2. The molecule has 8 nitrogen and oxygen atoms in total. The van der Waals surface area contributed by atoms with Gasteiger partial charge >= 0.3 is 5.97 Å². The maximum absolute atomic E-state index is 10.9. The first-order chi connectivity index (χ1) is 9.47. The highest BCUT2D eigenvalue weighted by molar-refractivity contribution is 5.90. The number of furan rings is 1. The number of carboxylic acids is 1. The Hall–Kier alpha value is -2.90. The molecule has 0 unspecified atom stereocenters. The largest absolute Gasteiger partial charge is 0.478 e. The number of carbonyl (C=O) groups excluding carboxylic acids is 1. The zero-order valence-electron chi connectivity index (χ0n) is 10.6. The fraction of sp³-hybridized carbons (Fsp3) is 0.167. The number of aromatic nitrogens is 2. The number of amides is 1. The van der Waals surface area contributed by atoms with Crippen LogP contribution in [0.3, 0.4) is 0 Å². The van der Waals surface area contributed by atoms with E-state index >= 15 is 0 Å². The van der Waals surface area contributed by atoms with Gasteiger partial charge in [-0.25, -0.2) is 4.79 Å². The Labute approximate surface area is 113 Å². The number of hydrogen-bond donors (Lipinski definition) is 3. The molecule has 20 heavy (non-hydrogen) atoms. The highest BCUT2D eigenvalue weighted by Crippen LogP contribution is 2.15. The highest BCUT2D eigenvalue weighted by Gasteiger charge is 2.13. The maximum atomic E-state index is 10.9. The normalized spacial score (nSPS) is 10.2. The van der Waals surface area contributed by atoms with Gasteiger partial charge in [-0.15, -0.1) is 10.2 Å². The van der Waals surface area contributed by atoms with Crippen LogP contribution in [0, 0.1) is 6.92 Å². The number of anilines is 1. The van der Waals surface area contributed by atoms with Gasteiger partial charge in [-0.2, -0.15) is 0 Å². The van der Waals surface area contributed by atoms with E-state index in [4.69, 9.17) is 15.3 Å². The summed E-state index contributed by atoms with van der Waals surface area (Å²) < 4.78 is 5.29. The van der Waals surface area contributed by atoms with E-state index in [2.05, 4.69) is 15.5 Å². The standard InChI is InChI=1S/C12H12N4O4/c1-6-8(12(18)19)4-7(20-6)5-14-10-3-2-9(11(13)17)15-16-10/h2-4H,5H2,1H3,(H2,13,17)(H,14,16)(H,18,19). The Balaban J connectivity index is 2.03. The predicted molar refractivity (Wildman–Crippen MR) is 68.3 cm³/mol. The van der Waals surface area contributed by atoms with Gasteiger partial charge in [0.15, 0.2) is 5.69 Å². The summed E-state index contributed by atoms with van der Waals surface area (Å²) in [6.45, 7) is 1.83. The lowest BCUT2D eigenvalue weighted by atomic mass is 10.2. The van der Waals surface area contributed by atoms with E-state index in [9.17, 15) is 9.59 Å². The van der Waals surface area contributed by atoms with Gasteiger partial charge in [-0.1, -0.05) is 0 Å². The summed E-state index contributed by atoms with van der Waals surface area (Å²) in [6.07, 6.45) is 0. The lowest BCUT2D eigenvalue weighted by molar-refractivity contribution is 0.0694. The Kier molecular flexibility index (Phi) is 3.65. The third kappa shape index (κ3) is 2.91. The molecule has 1 amide bonds. The third-order valence-corrected chi connectivity index (χ3v) is 2.56. The van der Waals surface area contributed by atoms with Crippen LogP contribution in [0.25, 0.3) is 0 Å². The first kappa shape index (κ1) is 13.5. The number of primary amides is 1. The molecule has 0 saturated heterocycles. The number of carboxylic acid groups (broad SMARTS) is 1. The molecule has 0 atom stereocenters. The molecule has 0 aliphatic rings. The molecular formula is C12H12N4O4. The second-order valence-electron chi connectivity index (χ2n) is 4.01. The van der Waals surface area contributed by atoms with Crippen LogP contribution in [0.1, 0.15) is 32.4 Å². The lowest BCUT2D eigenvalue weighted by Crippen LogP contribution is -2.14. The Morgan fingerprint density at radius 3 is 2.65 bits per heavy atom. The number of aromatic carboxylic acids is 1. The van der Waals surface area contributed by atoms with Gasteiger partial charge in [0, 0.05) is 0 Å². The molecule has 8 heteroatoms. The zero-order valence-corrected chi connectivity index (χ0v) is 10.6. The highest BCUT2D eigenvalue weighted by atomic mass is 16.4. The zero-order chi connectivity index (χ0) is 14.7. The van der Waals surface area contributed by atoms with Gasteiger partial charge in [-0.3, -0.25) is 4.79 Å². The molecule has 0 aromatic carbocycles. The number of carbonyl (C=O) groups is 2. The van der Waals surface area contributed by atoms with Crippen LogP contribution in [-0.4, -0.2) is 27.2 Å². The number of hydrogen-bond acceptors (Lipinski definition) is 6. The number of nitrogens with one attached hydrogen (secondary N) is 1. The minimum Gasteiger partial charge on any atom is -0.478 e. The molecule has 2 heterocycles. The Morgan fingerprint density at radius 2 is 2.15 bits per heavy atom. The average Bonchev–Trinajstić information content (AvgIpc) is 2.78. The minimum atomic E-state index is -1.04. The van der Waals surface area contributed by atoms with Crippen molar-refractivity contribution >= 4 is 17.7 Å². The maximum Gasteiger partial charge on any atom is 0.339 e. The lowest BCUT2D eigenvalue weighted by Gasteiger charge is -2.02. The molecule has 0 saturated carbocycles. The number of rotatable bonds is 5. The van der Waals surface area contributed by atoms with Crippen LogP contribution < -0.4 is 11.1 Å². The molecule has 0 aliphatic carbocycles. The molecule has 0 aliphatic heterocycles. The first-order valence-electron chi connectivity index (χ1n) is 5.67. The van der Waals surface area contributed by atoms with E-state index in [0.717, 1.165) is 0 Å². The van der Waals surface area contributed by atoms with Crippen molar-refractivity contribution in [3.05, 3.63) is 41.0 Å². The molecule has 2 aromatic rings. The monoisotopic (exact) mass is 276 g/mol. The smallest absolute Gasteiger partial charge is 0.339 e. The molecule has 104 valence electrons. The van der Waals surface area contributed by atoms with Gasteiger partial charge in [0.05, 0.1) is 6.54 Å². The van der Waals surface area contributed by atoms with Crippen molar-refractivity contribution in [2.45, 2.75) is 13.5 Å². The first-order valence-corrected chi connectivity index (χ1v) is 5.67. The van der Waals surface area contributed by atoms with Crippen molar-refractivity contribution in [2.24, 2.45) is 5.73 Å². The molecule has 2 aromatic heterocycles. The molecule has 0 bridgehead atoms. The molecule has 4 N–H and O–H groups in total. The fourth-order valence-corrected chi connectivity index (χ4v) is 1.58. The van der Waals surface area contributed by atoms with Crippen LogP contribution in [0.15, 0.2) is 22.6 Å². The van der Waals surface area contributed by atoms with Crippen molar-refractivity contribution in [3.8, 4) is 0 Å². The number of nitrogens with two attached hydrogens (primary N) is 1. The fourth-order valence-electron chi connectivity index (χ4n) is 1.58. The topological polar surface area (TPSA) is 131 Å². The van der Waals surface area contributed by atoms with E-state index in [1.165, 1.54) is 12.1 Å². The van der Waals surface area contributed by atoms with Crippen LogP contribution in [-0.2, 0) is 6.54 Å². The molecular weight excluding hydrogens is 264 g/mol. The molecule has 2 rings (SSSR count). The van der Waals surface area contributed by atoms with Gasteiger partial charge < -0.3 is 20.6 Å². The van der Waals surface area contributed by atoms with Gasteiger partial charge in [0.2, 0.25) is 0 Å². The van der Waals surface area contributed by atoms with E-state index in [1.54, 1.807) is 13.0 Å². The summed E-state index contributed by atoms with van der Waals surface area (Å²) in [4.78, 5) is 21.7. The van der Waals surface area contributed by atoms with E-state index in [-0.39, 0.29) is 17.8 Å². The van der Waals surface area contributed by atoms with Crippen LogP contribution in [0.2, 0.25) is 0 Å². The SMILES string of the molecule is Cc1oc(CNc2ccc(C(N)=O)nn2)cc1C(=O)O. The van der Waals surface area contributed by atoms with Crippen molar-refractivity contribution in [3.63, 3.8) is 0 Å². The van der Waals surface area contributed by atoms with Gasteiger partial charge in [0.25, 0.3) is 5.91 Å². The van der Waals surface area contributed by atoms with Crippen molar-refractivity contribution in [2.75, 3.05) is 5.32 Å². The number of aryl methyl sites for hydroxylation is 1. The molecule has 0 fully saturated rings. The summed E-state index contributed by atoms with van der Waals surface area (Å²) in [6, 6.07) is 4.42. The Bertz CT molecular complexity index is 648. The van der Waals surface area contributed by atoms with Crippen molar-refractivity contribution < 1.29 is 19.1 Å². The Morgan fingerprint density at radius 1 is 1.40 bits per heavy atom. The third-order valence-electron chi connectivity index (χ3n) is 2.56. The second-order valence-corrected chi connectivity index (χ2v) is 4.01.